The molecule has 0 aromatic carbocycles. The summed E-state index contributed by atoms with van der Waals surface area (Å²) in [5.41, 5.74) is 0.979. The Morgan fingerprint density at radius 2 is 2.32 bits per heavy atom. The van der Waals surface area contributed by atoms with Gasteiger partial charge in [0.1, 0.15) is 0 Å². The highest BCUT2D eigenvalue weighted by atomic mass is 16.2. The predicted octanol–water partition coefficient (Wildman–Crippen LogP) is 1.34. The van der Waals surface area contributed by atoms with Crippen molar-refractivity contribution < 1.29 is 4.79 Å². The van der Waals surface area contributed by atoms with Gasteiger partial charge in [-0.2, -0.15) is 0 Å². The largest absolute Gasteiger partial charge is 0.336 e. The molecule has 100 valence electrons. The molecule has 0 bridgehead atoms. The number of hydrogen-bond acceptors (Lipinski definition) is 3. The number of rotatable bonds is 5. The number of nitrogens with zero attached hydrogens (tertiary/aromatic N) is 3. The maximum Gasteiger partial charge on any atom is 0.315 e. The number of carbonyl (C=O) groups is 1. The van der Waals surface area contributed by atoms with Crippen LogP contribution >= 0.6 is 0 Å². The van der Waals surface area contributed by atoms with Gasteiger partial charge in [0.15, 0.2) is 0 Å². The summed E-state index contributed by atoms with van der Waals surface area (Å²) in [5, 5.41) is 5.66. The zero-order valence-electron chi connectivity index (χ0n) is 10.8. The number of imidazole rings is 1. The molecule has 0 aliphatic heterocycles. The Bertz CT molecular complexity index is 497. The zero-order valence-corrected chi connectivity index (χ0v) is 10.8. The third-order valence-electron chi connectivity index (χ3n) is 2.75. The van der Waals surface area contributed by atoms with Crippen LogP contribution < -0.4 is 10.6 Å². The van der Waals surface area contributed by atoms with E-state index in [4.69, 9.17) is 0 Å². The van der Waals surface area contributed by atoms with E-state index in [-0.39, 0.29) is 12.1 Å². The minimum atomic E-state index is -0.184. The number of hydrogen-bond donors (Lipinski definition) is 2. The highest BCUT2D eigenvalue weighted by Crippen LogP contribution is 2.08. The van der Waals surface area contributed by atoms with Gasteiger partial charge in [-0.1, -0.05) is 6.07 Å². The van der Waals surface area contributed by atoms with Crippen LogP contribution in [0.4, 0.5) is 4.79 Å². The second-order valence-electron chi connectivity index (χ2n) is 4.21. The lowest BCUT2D eigenvalue weighted by Crippen LogP contribution is -2.38. The van der Waals surface area contributed by atoms with Gasteiger partial charge in [0.2, 0.25) is 0 Å². The van der Waals surface area contributed by atoms with E-state index in [0.717, 1.165) is 5.56 Å². The Hall–Kier alpha value is -2.37. The fraction of sp³-hybridized carbons (Fsp3) is 0.308. The number of carbonyl (C=O) groups excluding carboxylic acids is 1. The third-order valence-corrected chi connectivity index (χ3v) is 2.75. The topological polar surface area (TPSA) is 71.8 Å². The molecular formula is C13H17N5O. The first-order chi connectivity index (χ1) is 9.25. The van der Waals surface area contributed by atoms with Crippen LogP contribution in [0.1, 0.15) is 18.5 Å². The van der Waals surface area contributed by atoms with Crippen molar-refractivity contribution in [2.75, 3.05) is 6.54 Å². The molecule has 6 nitrogen and oxygen atoms in total. The first-order valence-electron chi connectivity index (χ1n) is 6.16. The SMILES string of the molecule is C[C@@H](NC(=O)NCCn1ccnc1)c1cccnc1. The van der Waals surface area contributed by atoms with Gasteiger partial charge in [-0.25, -0.2) is 9.78 Å². The highest BCUT2D eigenvalue weighted by Gasteiger charge is 2.08. The third kappa shape index (κ3) is 4.09. The molecule has 0 aliphatic rings. The second-order valence-corrected chi connectivity index (χ2v) is 4.21. The molecule has 0 unspecified atom stereocenters. The van der Waals surface area contributed by atoms with E-state index in [1.165, 1.54) is 0 Å². The van der Waals surface area contributed by atoms with Crippen LogP contribution in [0.3, 0.4) is 0 Å². The van der Waals surface area contributed by atoms with Crippen molar-refractivity contribution in [2.45, 2.75) is 19.5 Å². The summed E-state index contributed by atoms with van der Waals surface area (Å²) < 4.78 is 1.91. The summed E-state index contributed by atoms with van der Waals surface area (Å²) in [4.78, 5) is 19.7. The molecule has 2 rings (SSSR count). The lowest BCUT2D eigenvalue weighted by molar-refractivity contribution is 0.237. The van der Waals surface area contributed by atoms with E-state index in [1.807, 2.05) is 29.8 Å². The minimum Gasteiger partial charge on any atom is -0.336 e. The van der Waals surface area contributed by atoms with E-state index >= 15 is 0 Å². The number of urea groups is 1. The molecule has 2 heterocycles. The number of pyridine rings is 1. The average Bonchev–Trinajstić information content (AvgIpc) is 2.93. The van der Waals surface area contributed by atoms with Gasteiger partial charge >= 0.3 is 6.03 Å². The fourth-order valence-electron chi connectivity index (χ4n) is 1.68. The molecule has 0 fully saturated rings. The first-order valence-corrected chi connectivity index (χ1v) is 6.16. The Kier molecular flexibility index (Phi) is 4.49. The average molecular weight is 259 g/mol. The smallest absolute Gasteiger partial charge is 0.315 e. The maximum atomic E-state index is 11.7. The Labute approximate surface area is 111 Å². The highest BCUT2D eigenvalue weighted by molar-refractivity contribution is 5.74. The van der Waals surface area contributed by atoms with E-state index < -0.39 is 0 Å². The molecule has 2 aromatic rings. The summed E-state index contributed by atoms with van der Waals surface area (Å²) in [7, 11) is 0. The lowest BCUT2D eigenvalue weighted by atomic mass is 10.1. The molecule has 0 aliphatic carbocycles. The van der Waals surface area contributed by atoms with Crippen molar-refractivity contribution in [3.05, 3.63) is 48.8 Å². The van der Waals surface area contributed by atoms with Crippen LogP contribution in [0, 0.1) is 0 Å². The van der Waals surface area contributed by atoms with Crippen molar-refractivity contribution in [1.82, 2.24) is 25.2 Å². The standard InChI is InChI=1S/C13H17N5O/c1-11(12-3-2-4-14-9-12)17-13(19)16-6-8-18-7-5-15-10-18/h2-5,7,9-11H,6,8H2,1H3,(H2,16,17,19)/t11-/m1/s1. The van der Waals surface area contributed by atoms with Crippen LogP contribution in [0.2, 0.25) is 0 Å². The van der Waals surface area contributed by atoms with Gasteiger partial charge in [0, 0.05) is 37.9 Å². The molecule has 19 heavy (non-hydrogen) atoms. The summed E-state index contributed by atoms with van der Waals surface area (Å²) in [5.74, 6) is 0. The van der Waals surface area contributed by atoms with E-state index in [1.54, 1.807) is 24.9 Å². The monoisotopic (exact) mass is 259 g/mol. The van der Waals surface area contributed by atoms with Gasteiger partial charge in [0.25, 0.3) is 0 Å². The van der Waals surface area contributed by atoms with Crippen molar-refractivity contribution in [2.24, 2.45) is 0 Å². The van der Waals surface area contributed by atoms with Crippen LogP contribution in [-0.4, -0.2) is 27.1 Å². The Balaban J connectivity index is 1.72. The van der Waals surface area contributed by atoms with E-state index in [9.17, 15) is 4.79 Å². The Morgan fingerprint density at radius 1 is 1.42 bits per heavy atom. The number of nitrogens with one attached hydrogen (secondary N) is 2. The minimum absolute atomic E-state index is 0.0676. The summed E-state index contributed by atoms with van der Waals surface area (Å²) in [6, 6.07) is 3.53. The molecular weight excluding hydrogens is 242 g/mol. The van der Waals surface area contributed by atoms with Gasteiger partial charge in [-0.15, -0.1) is 0 Å². The van der Waals surface area contributed by atoms with Crippen molar-refractivity contribution in [1.29, 1.82) is 0 Å². The van der Waals surface area contributed by atoms with E-state index in [2.05, 4.69) is 20.6 Å². The van der Waals surface area contributed by atoms with Crippen molar-refractivity contribution >= 4 is 6.03 Å². The van der Waals surface area contributed by atoms with Gasteiger partial charge < -0.3 is 15.2 Å². The molecule has 0 saturated carbocycles. The second kappa shape index (κ2) is 6.53. The van der Waals surface area contributed by atoms with Crippen LogP contribution in [-0.2, 0) is 6.54 Å². The molecule has 0 saturated heterocycles. The summed E-state index contributed by atoms with van der Waals surface area (Å²) >= 11 is 0. The molecule has 2 amide bonds. The fourth-order valence-corrected chi connectivity index (χ4v) is 1.68. The molecule has 2 N–H and O–H groups in total. The molecule has 0 radical (unpaired) electrons. The van der Waals surface area contributed by atoms with Gasteiger partial charge in [0.05, 0.1) is 12.4 Å². The molecule has 2 aromatic heterocycles. The number of amides is 2. The van der Waals surface area contributed by atoms with Crippen LogP contribution in [0.25, 0.3) is 0 Å². The summed E-state index contributed by atoms with van der Waals surface area (Å²) in [6.07, 6.45) is 8.75. The molecule has 0 spiro atoms. The van der Waals surface area contributed by atoms with Crippen molar-refractivity contribution in [3.8, 4) is 0 Å². The van der Waals surface area contributed by atoms with E-state index in [0.29, 0.717) is 13.1 Å². The zero-order chi connectivity index (χ0) is 13.5. The lowest BCUT2D eigenvalue weighted by Gasteiger charge is -2.14. The molecule has 6 heteroatoms. The maximum absolute atomic E-state index is 11.7. The first kappa shape index (κ1) is 13.1. The quantitative estimate of drug-likeness (QED) is 0.851. The molecule has 1 atom stereocenters. The number of aromatic nitrogens is 3. The van der Waals surface area contributed by atoms with Gasteiger partial charge in [-0.3, -0.25) is 4.98 Å². The van der Waals surface area contributed by atoms with Crippen LogP contribution in [0.5, 0.6) is 0 Å². The van der Waals surface area contributed by atoms with Gasteiger partial charge in [-0.05, 0) is 18.6 Å². The normalized spacial score (nSPS) is 11.8. The van der Waals surface area contributed by atoms with Crippen molar-refractivity contribution in [3.63, 3.8) is 0 Å². The Morgan fingerprint density at radius 3 is 3.00 bits per heavy atom. The predicted molar refractivity (Wildman–Crippen MR) is 71.4 cm³/mol. The summed E-state index contributed by atoms with van der Waals surface area (Å²) in [6.45, 7) is 3.18. The van der Waals surface area contributed by atoms with Crippen LogP contribution in [0.15, 0.2) is 43.2 Å².